The number of rotatable bonds is 4. The van der Waals surface area contributed by atoms with Gasteiger partial charge in [0.1, 0.15) is 0 Å². The van der Waals surface area contributed by atoms with Gasteiger partial charge in [-0.05, 0) is 87.5 Å². The van der Waals surface area contributed by atoms with E-state index < -0.39 is 5.41 Å². The average molecular weight is 572 g/mol. The Labute approximate surface area is 263 Å². The Morgan fingerprint density at radius 1 is 0.533 bits per heavy atom. The molecule has 0 fully saturated rings. The second kappa shape index (κ2) is 10.1. The van der Waals surface area contributed by atoms with Gasteiger partial charge in [0.2, 0.25) is 0 Å². The van der Waals surface area contributed by atoms with E-state index in [2.05, 4.69) is 186 Å². The number of nitrogens with zero attached hydrogens (tertiary/aromatic N) is 1. The summed E-state index contributed by atoms with van der Waals surface area (Å²) < 4.78 is 2.37. The fourth-order valence-corrected chi connectivity index (χ4v) is 7.63. The molecular formula is C44H29N. The van der Waals surface area contributed by atoms with Crippen LogP contribution in [0, 0.1) is 0 Å². The van der Waals surface area contributed by atoms with Crippen LogP contribution in [0.4, 0.5) is 0 Å². The predicted octanol–water partition coefficient (Wildman–Crippen LogP) is 10.7. The number of benzene rings is 6. The molecule has 210 valence electrons. The molecule has 45 heavy (non-hydrogen) atoms. The van der Waals surface area contributed by atoms with Crippen molar-refractivity contribution in [2.24, 2.45) is 0 Å². The maximum atomic E-state index is 3.68. The zero-order chi connectivity index (χ0) is 29.8. The van der Waals surface area contributed by atoms with Crippen molar-refractivity contribution in [3.8, 4) is 5.69 Å². The normalized spacial score (nSPS) is 14.8. The highest BCUT2D eigenvalue weighted by Crippen LogP contribution is 2.58. The van der Waals surface area contributed by atoms with Crippen LogP contribution >= 0.6 is 0 Å². The van der Waals surface area contributed by atoms with Gasteiger partial charge in [0, 0.05) is 22.0 Å². The molecule has 0 saturated heterocycles. The molecule has 0 saturated carbocycles. The zero-order valence-electron chi connectivity index (χ0n) is 24.7. The molecule has 0 spiro atoms. The first-order chi connectivity index (χ1) is 22.3. The van der Waals surface area contributed by atoms with Crippen LogP contribution in [0.3, 0.4) is 0 Å². The molecule has 2 aliphatic carbocycles. The van der Waals surface area contributed by atoms with Crippen molar-refractivity contribution in [3.05, 3.63) is 215 Å². The van der Waals surface area contributed by atoms with Crippen molar-refractivity contribution >= 4 is 33.0 Å². The summed E-state index contributed by atoms with van der Waals surface area (Å²) in [6, 6.07) is 57.1. The van der Waals surface area contributed by atoms with Gasteiger partial charge in [0.15, 0.2) is 0 Å². The van der Waals surface area contributed by atoms with Gasteiger partial charge in [-0.3, -0.25) is 0 Å². The van der Waals surface area contributed by atoms with Crippen molar-refractivity contribution in [2.75, 3.05) is 0 Å². The lowest BCUT2D eigenvalue weighted by atomic mass is 9.67. The standard InChI is InChI=1S/C44H29N/c1-4-16-33(17-5-1)44(34-18-6-2-7-19-34)40-25-12-10-22-36(40)37-24-14-15-31(30-41(37)44)32-27-28-43-39(29-32)38-23-11-13-26-42(38)45(43)35-20-8-3-9-21-35/h1-14,16-30H. The molecule has 1 aromatic heterocycles. The second-order valence-corrected chi connectivity index (χ2v) is 11.8. The number of hydrogen-bond acceptors (Lipinski definition) is 0. The molecule has 0 bridgehead atoms. The smallest absolute Gasteiger partial charge is 0.0714 e. The van der Waals surface area contributed by atoms with E-state index in [1.807, 2.05) is 0 Å². The molecule has 2 aliphatic rings. The number of aromatic nitrogens is 1. The van der Waals surface area contributed by atoms with Gasteiger partial charge in [-0.15, -0.1) is 5.73 Å². The number of allylic oxidation sites excluding steroid dienone is 5. The first-order valence-electron chi connectivity index (χ1n) is 15.5. The molecule has 6 aromatic carbocycles. The summed E-state index contributed by atoms with van der Waals surface area (Å²) in [5.74, 6) is 0. The zero-order valence-corrected chi connectivity index (χ0v) is 24.7. The van der Waals surface area contributed by atoms with Crippen LogP contribution in [-0.4, -0.2) is 4.57 Å². The minimum Gasteiger partial charge on any atom is -0.309 e. The Morgan fingerprint density at radius 2 is 1.16 bits per heavy atom. The summed E-state index contributed by atoms with van der Waals surface area (Å²) in [5, 5.41) is 2.49. The third kappa shape index (κ3) is 3.75. The molecule has 9 rings (SSSR count). The highest BCUT2D eigenvalue weighted by atomic mass is 15.0. The Balaban J connectivity index is 1.30. The Morgan fingerprint density at radius 3 is 1.91 bits per heavy atom. The molecule has 0 aliphatic heterocycles. The van der Waals surface area contributed by atoms with Crippen molar-refractivity contribution in [1.82, 2.24) is 4.57 Å². The third-order valence-electron chi connectivity index (χ3n) is 9.50. The highest BCUT2D eigenvalue weighted by molar-refractivity contribution is 6.10. The van der Waals surface area contributed by atoms with Gasteiger partial charge in [-0.1, -0.05) is 127 Å². The van der Waals surface area contributed by atoms with E-state index in [9.17, 15) is 0 Å². The van der Waals surface area contributed by atoms with Gasteiger partial charge in [-0.2, -0.15) is 0 Å². The van der Waals surface area contributed by atoms with Crippen molar-refractivity contribution < 1.29 is 0 Å². The quantitative estimate of drug-likeness (QED) is 0.185. The largest absolute Gasteiger partial charge is 0.309 e. The summed E-state index contributed by atoms with van der Waals surface area (Å²) >= 11 is 0. The average Bonchev–Trinajstić information content (AvgIpc) is 3.48. The van der Waals surface area contributed by atoms with Crippen LogP contribution in [0.5, 0.6) is 0 Å². The molecular weight excluding hydrogens is 542 g/mol. The molecule has 0 N–H and O–H groups in total. The first kappa shape index (κ1) is 25.6. The van der Waals surface area contributed by atoms with E-state index in [-0.39, 0.29) is 0 Å². The van der Waals surface area contributed by atoms with Gasteiger partial charge < -0.3 is 4.57 Å². The Bertz CT molecular complexity index is 2340. The SMILES string of the molecule is C1=CC=C2C(=CC=1c1ccc3c(c1)c1ccccc1n3-c1ccccc1)C(c1ccccc1)(c1ccccc1)c1ccccc12. The number of para-hydroxylation sites is 2. The fourth-order valence-electron chi connectivity index (χ4n) is 7.63. The van der Waals surface area contributed by atoms with Gasteiger partial charge in [-0.25, -0.2) is 0 Å². The minimum atomic E-state index is -0.455. The molecule has 7 aromatic rings. The lowest BCUT2D eigenvalue weighted by molar-refractivity contribution is 0.770. The van der Waals surface area contributed by atoms with Crippen LogP contribution in [0.15, 0.2) is 187 Å². The van der Waals surface area contributed by atoms with E-state index in [4.69, 9.17) is 0 Å². The monoisotopic (exact) mass is 571 g/mol. The Kier molecular flexibility index (Phi) is 5.75. The molecule has 0 atom stereocenters. The van der Waals surface area contributed by atoms with Crippen LogP contribution in [0.1, 0.15) is 27.8 Å². The fraction of sp³-hybridized carbons (Fsp3) is 0.0227. The molecule has 0 amide bonds. The van der Waals surface area contributed by atoms with Crippen LogP contribution in [0.2, 0.25) is 0 Å². The summed E-state index contributed by atoms with van der Waals surface area (Å²) in [6.07, 6.45) is 6.76. The number of fused-ring (bicyclic) bond motifs is 6. The lowest BCUT2D eigenvalue weighted by Crippen LogP contribution is -2.28. The Hall–Kier alpha value is -5.88. The van der Waals surface area contributed by atoms with Crippen molar-refractivity contribution in [2.45, 2.75) is 5.41 Å². The van der Waals surface area contributed by atoms with E-state index >= 15 is 0 Å². The molecule has 1 heterocycles. The highest BCUT2D eigenvalue weighted by Gasteiger charge is 2.48. The van der Waals surface area contributed by atoms with Crippen LogP contribution in [-0.2, 0) is 5.41 Å². The first-order valence-corrected chi connectivity index (χ1v) is 15.5. The van der Waals surface area contributed by atoms with E-state index in [0.717, 1.165) is 11.1 Å². The summed E-state index contributed by atoms with van der Waals surface area (Å²) in [4.78, 5) is 0. The van der Waals surface area contributed by atoms with Crippen molar-refractivity contribution in [3.63, 3.8) is 0 Å². The van der Waals surface area contributed by atoms with E-state index in [1.165, 1.54) is 60.9 Å². The van der Waals surface area contributed by atoms with Gasteiger partial charge in [0.05, 0.1) is 16.4 Å². The van der Waals surface area contributed by atoms with Crippen LogP contribution < -0.4 is 0 Å². The summed E-state index contributed by atoms with van der Waals surface area (Å²) in [5.41, 5.74) is 16.7. The molecule has 1 heteroatoms. The maximum absolute atomic E-state index is 3.68. The van der Waals surface area contributed by atoms with Gasteiger partial charge in [0.25, 0.3) is 0 Å². The maximum Gasteiger partial charge on any atom is 0.0714 e. The van der Waals surface area contributed by atoms with E-state index in [0.29, 0.717) is 0 Å². The predicted molar refractivity (Wildman–Crippen MR) is 188 cm³/mol. The molecule has 0 radical (unpaired) electrons. The third-order valence-corrected chi connectivity index (χ3v) is 9.50. The topological polar surface area (TPSA) is 4.93 Å². The minimum absolute atomic E-state index is 0.455. The van der Waals surface area contributed by atoms with E-state index in [1.54, 1.807) is 0 Å². The van der Waals surface area contributed by atoms with Crippen LogP contribution in [0.25, 0.3) is 38.6 Å². The van der Waals surface area contributed by atoms with Gasteiger partial charge >= 0.3 is 0 Å². The summed E-state index contributed by atoms with van der Waals surface area (Å²) in [6.45, 7) is 0. The second-order valence-electron chi connectivity index (χ2n) is 11.8. The van der Waals surface area contributed by atoms with Crippen molar-refractivity contribution in [1.29, 1.82) is 0 Å². The summed E-state index contributed by atoms with van der Waals surface area (Å²) in [7, 11) is 0. The number of hydrogen-bond donors (Lipinski definition) is 0. The molecule has 0 unspecified atom stereocenters. The molecule has 1 nitrogen and oxygen atoms in total. The lowest BCUT2D eigenvalue weighted by Gasteiger charge is -2.34.